The van der Waals surface area contributed by atoms with Gasteiger partial charge in [-0.1, -0.05) is 5.16 Å². The van der Waals surface area contributed by atoms with Crippen LogP contribution in [0.5, 0.6) is 11.5 Å². The number of hydrogen-bond donors (Lipinski definition) is 1. The van der Waals surface area contributed by atoms with Crippen LogP contribution in [0.3, 0.4) is 0 Å². The van der Waals surface area contributed by atoms with Crippen LogP contribution in [0, 0.1) is 5.82 Å². The van der Waals surface area contributed by atoms with Crippen LogP contribution < -0.4 is 14.8 Å². The maximum Gasteiger partial charge on any atom is 0.261 e. The number of nitrogens with one attached hydrogen (secondary N) is 1. The first kappa shape index (κ1) is 16.5. The molecule has 3 rings (SSSR count). The molecule has 0 aliphatic carbocycles. The molecule has 7 heteroatoms. The van der Waals surface area contributed by atoms with E-state index < -0.39 is 5.91 Å². The zero-order valence-corrected chi connectivity index (χ0v) is 13.6. The van der Waals surface area contributed by atoms with E-state index in [1.54, 1.807) is 18.2 Å². The molecule has 0 aliphatic heterocycles. The molecular formula is C18H15FN2O4. The van der Waals surface area contributed by atoms with Crippen LogP contribution in [0.15, 0.2) is 53.2 Å². The number of benzene rings is 2. The number of hydrogen-bond acceptors (Lipinski definition) is 5. The molecule has 0 radical (unpaired) electrons. The second-order valence-electron chi connectivity index (χ2n) is 5.10. The number of rotatable bonds is 5. The lowest BCUT2D eigenvalue weighted by molar-refractivity contribution is 0.102. The van der Waals surface area contributed by atoms with Gasteiger partial charge in [-0.25, -0.2) is 4.39 Å². The molecule has 0 unspecified atom stereocenters. The second kappa shape index (κ2) is 7.04. The van der Waals surface area contributed by atoms with E-state index in [9.17, 15) is 9.18 Å². The number of halogens is 1. The molecule has 1 N–H and O–H groups in total. The predicted molar refractivity (Wildman–Crippen MR) is 89.4 cm³/mol. The quantitative estimate of drug-likeness (QED) is 0.764. The van der Waals surface area contributed by atoms with Crippen LogP contribution in [-0.2, 0) is 0 Å². The Balaban J connectivity index is 1.85. The number of aromatic nitrogens is 1. The Hall–Kier alpha value is -3.35. The zero-order valence-electron chi connectivity index (χ0n) is 13.6. The Kier molecular flexibility index (Phi) is 4.65. The molecule has 3 aromatic rings. The molecule has 1 amide bonds. The van der Waals surface area contributed by atoms with Crippen molar-refractivity contribution in [1.82, 2.24) is 5.16 Å². The summed E-state index contributed by atoms with van der Waals surface area (Å²) in [5.41, 5.74) is 1.31. The van der Waals surface area contributed by atoms with Crippen LogP contribution in [0.25, 0.3) is 11.3 Å². The highest BCUT2D eigenvalue weighted by Gasteiger charge is 2.18. The zero-order chi connectivity index (χ0) is 17.8. The van der Waals surface area contributed by atoms with Gasteiger partial charge in [0.15, 0.2) is 17.3 Å². The average Bonchev–Trinajstić information content (AvgIpc) is 3.12. The molecule has 25 heavy (non-hydrogen) atoms. The van der Waals surface area contributed by atoms with Crippen molar-refractivity contribution < 1.29 is 23.2 Å². The molecule has 2 aromatic carbocycles. The number of nitrogens with zero attached hydrogens (tertiary/aromatic N) is 1. The minimum atomic E-state index is -0.409. The van der Waals surface area contributed by atoms with Gasteiger partial charge in [0.2, 0.25) is 0 Å². The molecule has 0 bridgehead atoms. The van der Waals surface area contributed by atoms with Gasteiger partial charge in [0.05, 0.1) is 20.4 Å². The van der Waals surface area contributed by atoms with Gasteiger partial charge in [0, 0.05) is 17.3 Å². The monoisotopic (exact) mass is 342 g/mol. The van der Waals surface area contributed by atoms with Gasteiger partial charge in [-0.3, -0.25) is 4.79 Å². The molecular weight excluding hydrogens is 327 g/mol. The molecule has 0 saturated carbocycles. The summed E-state index contributed by atoms with van der Waals surface area (Å²) < 4.78 is 28.6. The van der Waals surface area contributed by atoms with Gasteiger partial charge in [-0.15, -0.1) is 0 Å². The Labute approximate surface area is 143 Å². The largest absolute Gasteiger partial charge is 0.493 e. The van der Waals surface area contributed by atoms with Crippen molar-refractivity contribution >= 4 is 11.6 Å². The maximum absolute atomic E-state index is 13.1. The standard InChI is InChI=1S/C18H15FN2O4/c1-23-15-8-7-13(9-16(15)24-2)21-18(22)14-10-20-25-17(14)11-3-5-12(19)6-4-11/h3-10H,1-2H3,(H,21,22). The van der Waals surface area contributed by atoms with Crippen LogP contribution in [-0.4, -0.2) is 25.3 Å². The van der Waals surface area contributed by atoms with Crippen molar-refractivity contribution in [3.63, 3.8) is 0 Å². The lowest BCUT2D eigenvalue weighted by atomic mass is 10.1. The highest BCUT2D eigenvalue weighted by atomic mass is 19.1. The maximum atomic E-state index is 13.1. The van der Waals surface area contributed by atoms with Crippen molar-refractivity contribution in [2.45, 2.75) is 0 Å². The van der Waals surface area contributed by atoms with Gasteiger partial charge in [0.25, 0.3) is 5.91 Å². The lowest BCUT2D eigenvalue weighted by Gasteiger charge is -2.10. The van der Waals surface area contributed by atoms with Crippen LogP contribution >= 0.6 is 0 Å². The molecule has 0 spiro atoms. The Bertz CT molecular complexity index is 890. The number of amides is 1. The summed E-state index contributed by atoms with van der Waals surface area (Å²) in [5.74, 6) is 0.521. The summed E-state index contributed by atoms with van der Waals surface area (Å²) in [7, 11) is 3.04. The van der Waals surface area contributed by atoms with Crippen LogP contribution in [0.1, 0.15) is 10.4 Å². The highest BCUT2D eigenvalue weighted by molar-refractivity contribution is 6.07. The second-order valence-corrected chi connectivity index (χ2v) is 5.10. The van der Waals surface area contributed by atoms with Gasteiger partial charge in [0.1, 0.15) is 11.4 Å². The number of carbonyl (C=O) groups is 1. The summed E-state index contributed by atoms with van der Waals surface area (Å²) in [4.78, 5) is 12.5. The molecule has 0 fully saturated rings. The van der Waals surface area contributed by atoms with Crippen molar-refractivity contribution in [2.24, 2.45) is 0 Å². The fraction of sp³-hybridized carbons (Fsp3) is 0.111. The normalized spacial score (nSPS) is 10.4. The van der Waals surface area contributed by atoms with E-state index in [0.29, 0.717) is 22.7 Å². The van der Waals surface area contributed by atoms with Gasteiger partial charge in [-0.2, -0.15) is 0 Å². The van der Waals surface area contributed by atoms with Gasteiger partial charge >= 0.3 is 0 Å². The molecule has 0 atom stereocenters. The number of anilines is 1. The van der Waals surface area contributed by atoms with Crippen LogP contribution in [0.4, 0.5) is 10.1 Å². The molecule has 6 nitrogen and oxygen atoms in total. The summed E-state index contributed by atoms with van der Waals surface area (Å²) >= 11 is 0. The number of ether oxygens (including phenoxy) is 2. The Morgan fingerprint density at radius 1 is 1.08 bits per heavy atom. The van der Waals surface area contributed by atoms with E-state index in [1.165, 1.54) is 44.7 Å². The van der Waals surface area contributed by atoms with E-state index >= 15 is 0 Å². The third-order valence-corrected chi connectivity index (χ3v) is 3.56. The molecule has 0 saturated heterocycles. The van der Waals surface area contributed by atoms with E-state index in [2.05, 4.69) is 10.5 Å². The first-order valence-electron chi connectivity index (χ1n) is 7.36. The Morgan fingerprint density at radius 3 is 2.48 bits per heavy atom. The molecule has 1 aromatic heterocycles. The van der Waals surface area contributed by atoms with Crippen LogP contribution in [0.2, 0.25) is 0 Å². The van der Waals surface area contributed by atoms with Crippen molar-refractivity contribution in [1.29, 1.82) is 0 Å². The lowest BCUT2D eigenvalue weighted by Crippen LogP contribution is -2.12. The molecule has 1 heterocycles. The van der Waals surface area contributed by atoms with Gasteiger partial charge in [-0.05, 0) is 36.4 Å². The van der Waals surface area contributed by atoms with Crippen molar-refractivity contribution in [3.8, 4) is 22.8 Å². The van der Waals surface area contributed by atoms with E-state index in [0.717, 1.165) is 0 Å². The van der Waals surface area contributed by atoms with E-state index in [-0.39, 0.29) is 17.1 Å². The fourth-order valence-electron chi connectivity index (χ4n) is 2.32. The number of carbonyl (C=O) groups excluding carboxylic acids is 1. The first-order chi connectivity index (χ1) is 12.1. The molecule has 128 valence electrons. The predicted octanol–water partition coefficient (Wildman–Crippen LogP) is 3.75. The SMILES string of the molecule is COc1ccc(NC(=O)c2cnoc2-c2ccc(F)cc2)cc1OC. The van der Waals surface area contributed by atoms with E-state index in [4.69, 9.17) is 14.0 Å². The summed E-state index contributed by atoms with van der Waals surface area (Å²) in [6, 6.07) is 10.6. The van der Waals surface area contributed by atoms with Crippen molar-refractivity contribution in [3.05, 3.63) is 60.0 Å². The first-order valence-corrected chi connectivity index (χ1v) is 7.36. The van der Waals surface area contributed by atoms with E-state index in [1.807, 2.05) is 0 Å². The minimum absolute atomic E-state index is 0.237. The molecule has 0 aliphatic rings. The minimum Gasteiger partial charge on any atom is -0.493 e. The summed E-state index contributed by atoms with van der Waals surface area (Å²) in [5, 5.41) is 6.41. The highest BCUT2D eigenvalue weighted by Crippen LogP contribution is 2.30. The third kappa shape index (κ3) is 3.45. The smallest absolute Gasteiger partial charge is 0.261 e. The third-order valence-electron chi connectivity index (χ3n) is 3.56. The van der Waals surface area contributed by atoms with Crippen molar-refractivity contribution in [2.75, 3.05) is 19.5 Å². The summed E-state index contributed by atoms with van der Waals surface area (Å²) in [6.45, 7) is 0. The average molecular weight is 342 g/mol. The topological polar surface area (TPSA) is 73.6 Å². The Morgan fingerprint density at radius 2 is 1.80 bits per heavy atom. The number of methoxy groups -OCH3 is 2. The summed E-state index contributed by atoms with van der Waals surface area (Å²) in [6.07, 6.45) is 1.31. The van der Waals surface area contributed by atoms with Gasteiger partial charge < -0.3 is 19.3 Å². The fourth-order valence-corrected chi connectivity index (χ4v) is 2.32.